The third-order valence-electron chi connectivity index (χ3n) is 3.66. The highest BCUT2D eigenvalue weighted by Gasteiger charge is 2.47. The maximum atomic E-state index is 13.9. The third kappa shape index (κ3) is 3.80. The molecule has 0 bridgehead atoms. The van der Waals surface area contributed by atoms with Crippen molar-refractivity contribution in [1.29, 1.82) is 0 Å². The second-order valence-electron chi connectivity index (χ2n) is 6.56. The van der Waals surface area contributed by atoms with E-state index in [-0.39, 0.29) is 15.6 Å². The van der Waals surface area contributed by atoms with Crippen molar-refractivity contribution in [1.82, 2.24) is 4.72 Å². The number of benzene rings is 1. The van der Waals surface area contributed by atoms with E-state index in [2.05, 4.69) is 0 Å². The molecule has 0 aliphatic carbocycles. The van der Waals surface area contributed by atoms with Crippen molar-refractivity contribution in [2.75, 3.05) is 0 Å². The summed E-state index contributed by atoms with van der Waals surface area (Å²) in [6.45, 7) is 5.05. The number of nitrogens with one attached hydrogen (secondary N) is 1. The van der Waals surface area contributed by atoms with Crippen LogP contribution in [0.25, 0.3) is 10.1 Å². The fourth-order valence-corrected chi connectivity index (χ4v) is 4.40. The van der Waals surface area contributed by atoms with Crippen molar-refractivity contribution >= 4 is 31.4 Å². The lowest BCUT2D eigenvalue weighted by molar-refractivity contribution is -0.152. The molecule has 0 radical (unpaired) electrons. The predicted octanol–water partition coefficient (Wildman–Crippen LogP) is 4.81. The van der Waals surface area contributed by atoms with Crippen molar-refractivity contribution in [2.45, 2.75) is 44.7 Å². The number of rotatable bonds is 3. The van der Waals surface area contributed by atoms with Gasteiger partial charge in [-0.15, -0.1) is 11.3 Å². The van der Waals surface area contributed by atoms with E-state index in [1.807, 2.05) is 0 Å². The lowest BCUT2D eigenvalue weighted by atomic mass is 10.1. The van der Waals surface area contributed by atoms with Crippen LogP contribution >= 0.6 is 11.3 Å². The van der Waals surface area contributed by atoms with Crippen LogP contribution in [-0.4, -0.2) is 19.3 Å². The average Bonchev–Trinajstić information content (AvgIpc) is 2.71. The first-order valence-corrected chi connectivity index (χ1v) is 9.42. The van der Waals surface area contributed by atoms with Crippen LogP contribution in [0.4, 0.5) is 22.0 Å². The number of hydrogen-bond acceptors (Lipinski definition) is 3. The van der Waals surface area contributed by atoms with Crippen LogP contribution in [-0.2, 0) is 10.0 Å². The molecule has 0 aliphatic heterocycles. The summed E-state index contributed by atoms with van der Waals surface area (Å²) in [5.74, 6) is -1.91. The molecule has 1 atom stereocenters. The molecule has 2 rings (SSSR count). The van der Waals surface area contributed by atoms with Gasteiger partial charge in [0.1, 0.15) is 11.6 Å². The zero-order valence-electron chi connectivity index (χ0n) is 13.8. The maximum Gasteiger partial charge on any atom is 0.409 e. The van der Waals surface area contributed by atoms with Gasteiger partial charge in [0.05, 0.1) is 9.45 Å². The lowest BCUT2D eigenvalue weighted by Gasteiger charge is -2.26. The van der Waals surface area contributed by atoms with E-state index in [0.717, 1.165) is 6.07 Å². The average molecular weight is 401 g/mol. The van der Waals surface area contributed by atoms with E-state index < -0.39 is 43.5 Å². The molecule has 3 nitrogen and oxygen atoms in total. The Bertz CT molecular complexity index is 911. The van der Waals surface area contributed by atoms with Gasteiger partial charge in [-0.05, 0) is 39.3 Å². The summed E-state index contributed by atoms with van der Waals surface area (Å²) in [7, 11) is -4.33. The van der Waals surface area contributed by atoms with E-state index in [9.17, 15) is 30.4 Å². The summed E-state index contributed by atoms with van der Waals surface area (Å²) in [4.78, 5) is -0.417. The molecular formula is C15H16F5NO2S2. The first kappa shape index (κ1) is 20.1. The van der Waals surface area contributed by atoms with Gasteiger partial charge in [0.15, 0.2) is 6.04 Å². The van der Waals surface area contributed by atoms with Crippen LogP contribution < -0.4 is 4.72 Å². The Hall–Kier alpha value is -1.26. The SMILES string of the molecule is Cc1c([C@@H](NS(=O)(=O)C(C)(C)C)C(F)(F)F)sc2c(F)cc(F)cc12. The number of fused-ring (bicyclic) bond motifs is 1. The number of sulfonamides is 1. The summed E-state index contributed by atoms with van der Waals surface area (Å²) in [5.41, 5.74) is -0.0164. The molecular weight excluding hydrogens is 385 g/mol. The van der Waals surface area contributed by atoms with Gasteiger partial charge in [0.2, 0.25) is 10.0 Å². The Balaban J connectivity index is 2.67. The van der Waals surface area contributed by atoms with E-state index in [1.54, 1.807) is 4.72 Å². The van der Waals surface area contributed by atoms with Crippen molar-refractivity contribution in [3.8, 4) is 0 Å². The van der Waals surface area contributed by atoms with E-state index in [4.69, 9.17) is 0 Å². The van der Waals surface area contributed by atoms with Crippen LogP contribution in [0.1, 0.15) is 37.3 Å². The van der Waals surface area contributed by atoms with Crippen LogP contribution in [0.5, 0.6) is 0 Å². The summed E-state index contributed by atoms with van der Waals surface area (Å²) in [6.07, 6.45) is -4.95. The van der Waals surface area contributed by atoms with Gasteiger partial charge in [-0.1, -0.05) is 0 Å². The minimum atomic E-state index is -4.95. The van der Waals surface area contributed by atoms with Crippen molar-refractivity contribution in [3.63, 3.8) is 0 Å². The highest BCUT2D eigenvalue weighted by atomic mass is 32.2. The van der Waals surface area contributed by atoms with Crippen molar-refractivity contribution in [2.24, 2.45) is 0 Å². The standard InChI is InChI=1S/C15H16F5NO2S2/c1-7-9-5-8(16)6-10(17)12(9)24-11(7)13(15(18,19)20)21-25(22,23)14(2,3)4/h5-6,13,21H,1-4H3/t13-/m1/s1. The largest absolute Gasteiger partial charge is 0.409 e. The molecule has 0 fully saturated rings. The Labute approximate surface area is 145 Å². The highest BCUT2D eigenvalue weighted by molar-refractivity contribution is 7.90. The highest BCUT2D eigenvalue weighted by Crippen LogP contribution is 2.43. The number of hydrogen-bond donors (Lipinski definition) is 1. The topological polar surface area (TPSA) is 46.2 Å². The van der Waals surface area contributed by atoms with Gasteiger partial charge in [0, 0.05) is 16.3 Å². The molecule has 0 saturated heterocycles. The van der Waals surface area contributed by atoms with Crippen LogP contribution in [0.2, 0.25) is 0 Å². The molecule has 1 aromatic heterocycles. The Kier molecular flexibility index (Phi) is 4.95. The summed E-state index contributed by atoms with van der Waals surface area (Å²) < 4.78 is 92.2. The molecule has 1 heterocycles. The molecule has 0 unspecified atom stereocenters. The first-order valence-electron chi connectivity index (χ1n) is 7.12. The molecule has 0 spiro atoms. The van der Waals surface area contributed by atoms with Crippen LogP contribution in [0.3, 0.4) is 0 Å². The molecule has 1 aromatic carbocycles. The molecule has 2 aromatic rings. The molecule has 0 amide bonds. The minimum Gasteiger partial charge on any atom is -0.212 e. The summed E-state index contributed by atoms with van der Waals surface area (Å²) in [5, 5.41) is -0.0123. The second-order valence-corrected chi connectivity index (χ2v) is 10.1. The molecule has 0 saturated carbocycles. The molecule has 140 valence electrons. The van der Waals surface area contributed by atoms with Gasteiger partial charge in [0.25, 0.3) is 0 Å². The summed E-state index contributed by atoms with van der Waals surface area (Å²) in [6, 6.07) is -1.04. The van der Waals surface area contributed by atoms with E-state index in [1.165, 1.54) is 27.7 Å². The number of alkyl halides is 3. The number of aryl methyl sites for hydroxylation is 1. The van der Waals surface area contributed by atoms with Crippen molar-refractivity contribution < 1.29 is 30.4 Å². The molecule has 1 N–H and O–H groups in total. The van der Waals surface area contributed by atoms with Gasteiger partial charge >= 0.3 is 6.18 Å². The molecule has 0 aliphatic rings. The second kappa shape index (κ2) is 6.17. The van der Waals surface area contributed by atoms with Gasteiger partial charge in [-0.25, -0.2) is 17.2 Å². The monoisotopic (exact) mass is 401 g/mol. The summed E-state index contributed by atoms with van der Waals surface area (Å²) >= 11 is 0.457. The van der Waals surface area contributed by atoms with E-state index in [0.29, 0.717) is 17.4 Å². The zero-order valence-corrected chi connectivity index (χ0v) is 15.4. The van der Waals surface area contributed by atoms with Crippen molar-refractivity contribution in [3.05, 3.63) is 34.2 Å². The minimum absolute atomic E-state index is 0.0123. The quantitative estimate of drug-likeness (QED) is 0.751. The number of thiophene rings is 1. The van der Waals surface area contributed by atoms with Crippen LogP contribution in [0, 0.1) is 18.6 Å². The molecule has 25 heavy (non-hydrogen) atoms. The fourth-order valence-electron chi connectivity index (χ4n) is 2.14. The molecule has 10 heteroatoms. The maximum absolute atomic E-state index is 13.9. The third-order valence-corrected chi connectivity index (χ3v) is 7.20. The smallest absolute Gasteiger partial charge is 0.212 e. The lowest BCUT2D eigenvalue weighted by Crippen LogP contribution is -2.45. The first-order chi connectivity index (χ1) is 11.1. The van der Waals surface area contributed by atoms with E-state index >= 15 is 0 Å². The van der Waals surface area contributed by atoms with Gasteiger partial charge in [-0.3, -0.25) is 0 Å². The Morgan fingerprint density at radius 3 is 2.16 bits per heavy atom. The van der Waals surface area contributed by atoms with Gasteiger partial charge < -0.3 is 0 Å². The number of halogens is 5. The normalized spacial score (nSPS) is 14.9. The predicted molar refractivity (Wildman–Crippen MR) is 87.1 cm³/mol. The van der Waals surface area contributed by atoms with Crippen LogP contribution in [0.15, 0.2) is 12.1 Å². The van der Waals surface area contributed by atoms with Gasteiger partial charge in [-0.2, -0.15) is 17.9 Å². The fraction of sp³-hybridized carbons (Fsp3) is 0.467. The Morgan fingerprint density at radius 2 is 1.68 bits per heavy atom. The zero-order chi connectivity index (χ0) is 19.4. The Morgan fingerprint density at radius 1 is 1.12 bits per heavy atom.